The van der Waals surface area contributed by atoms with Crippen molar-refractivity contribution in [1.29, 1.82) is 0 Å². The minimum absolute atomic E-state index is 0.0442. The summed E-state index contributed by atoms with van der Waals surface area (Å²) in [6.07, 6.45) is 6.35. The summed E-state index contributed by atoms with van der Waals surface area (Å²) in [5.41, 5.74) is -0.187. The Morgan fingerprint density at radius 3 is 1.86 bits per heavy atom. The molecule has 4 aromatic carbocycles. The van der Waals surface area contributed by atoms with Gasteiger partial charge in [-0.05, 0) is 29.7 Å². The number of nitro benzene ring substituents is 2. The second kappa shape index (κ2) is 12.4. The molecule has 0 aliphatic carbocycles. The van der Waals surface area contributed by atoms with Crippen molar-refractivity contribution in [2.75, 3.05) is 0 Å². The highest BCUT2D eigenvalue weighted by Crippen LogP contribution is 2.40. The van der Waals surface area contributed by atoms with Crippen LogP contribution in [0.4, 0.5) is 11.4 Å². The molecule has 2 N–H and O–H groups in total. The summed E-state index contributed by atoms with van der Waals surface area (Å²) in [4.78, 5) is 57.5. The number of aromatic nitrogens is 4. The van der Waals surface area contributed by atoms with Crippen LogP contribution in [0.2, 0.25) is 0 Å². The van der Waals surface area contributed by atoms with E-state index >= 15 is 0 Å². The molecule has 0 aliphatic heterocycles. The molecule has 0 spiro atoms. The summed E-state index contributed by atoms with van der Waals surface area (Å²) in [5, 5.41) is 25.7. The van der Waals surface area contributed by atoms with Crippen LogP contribution >= 0.6 is 11.8 Å². The normalized spacial score (nSPS) is 11.5. The van der Waals surface area contributed by atoms with Gasteiger partial charge in [0.1, 0.15) is 0 Å². The third kappa shape index (κ3) is 5.84. The van der Waals surface area contributed by atoms with Crippen LogP contribution in [0.5, 0.6) is 0 Å². The first-order valence-electron chi connectivity index (χ1n) is 14.2. The van der Waals surface area contributed by atoms with E-state index < -0.39 is 41.8 Å². The summed E-state index contributed by atoms with van der Waals surface area (Å²) in [6, 6.07) is 18.4. The minimum Gasteiger partial charge on any atom is -0.408 e. The molecule has 0 unspecified atom stereocenters. The smallest absolute Gasteiger partial charge is 0.408 e. The molecule has 18 heteroatoms. The lowest BCUT2D eigenvalue weighted by Gasteiger charge is -2.08. The zero-order valence-corrected chi connectivity index (χ0v) is 26.6. The van der Waals surface area contributed by atoms with Gasteiger partial charge in [-0.1, -0.05) is 36.0 Å². The quantitative estimate of drug-likeness (QED) is 0.146. The van der Waals surface area contributed by atoms with Gasteiger partial charge in [0.15, 0.2) is 16.1 Å². The van der Waals surface area contributed by atoms with Crippen LogP contribution in [-0.2, 0) is 9.84 Å². The molecule has 0 saturated carbocycles. The monoisotopic (exact) mass is 710 g/mol. The second-order valence-corrected chi connectivity index (χ2v) is 13.5. The van der Waals surface area contributed by atoms with E-state index in [1.807, 2.05) is 24.3 Å². The molecule has 8 rings (SSSR count). The van der Waals surface area contributed by atoms with Gasteiger partial charge in [-0.25, -0.2) is 18.0 Å². The maximum absolute atomic E-state index is 13.2. The molecule has 8 aromatic rings. The van der Waals surface area contributed by atoms with Gasteiger partial charge in [0.05, 0.1) is 30.7 Å². The number of H-pyrrole nitrogens is 2. The number of nitrogens with zero attached hydrogens (tertiary/aromatic N) is 4. The van der Waals surface area contributed by atoms with E-state index in [9.17, 15) is 38.2 Å². The number of nitro groups is 2. The van der Waals surface area contributed by atoms with E-state index in [4.69, 9.17) is 8.83 Å². The summed E-state index contributed by atoms with van der Waals surface area (Å²) in [6.45, 7) is 0. The Morgan fingerprint density at radius 1 is 0.660 bits per heavy atom. The van der Waals surface area contributed by atoms with Gasteiger partial charge in [-0.15, -0.1) is 0 Å². The summed E-state index contributed by atoms with van der Waals surface area (Å²) >= 11 is 1.25. The Kier molecular flexibility index (Phi) is 7.93. The first-order chi connectivity index (χ1) is 24.0. The highest BCUT2D eigenvalue weighted by Gasteiger charge is 2.31. The number of benzene rings is 4. The molecule has 0 saturated heterocycles. The molecule has 16 nitrogen and oxygen atoms in total. The molecule has 0 atom stereocenters. The first kappa shape index (κ1) is 31.9. The summed E-state index contributed by atoms with van der Waals surface area (Å²) < 4.78 is 36.2. The molecule has 0 radical (unpaired) electrons. The third-order valence-corrected chi connectivity index (χ3v) is 10.4. The number of sulfone groups is 1. The standard InChI is InChI=1S/C16H9N3O6S.C16H9N3O4S/c20-16-18-11-6-12(19(21)22)15(7-13(11)25-16)26(23,24)14-3-1-2-9-8-17-5-4-10(9)14;20-16-18-11-6-12(19(21)22)15(7-13(11)23-16)24-14-3-1-2-9-8-17-5-4-10(9)14/h1-8H,(H,18,20);1-8H,(H,18,20). The molecule has 0 amide bonds. The first-order valence-corrected chi connectivity index (χ1v) is 16.5. The number of hydrogen-bond donors (Lipinski definition) is 2. The average molecular weight is 711 g/mol. The zero-order chi connectivity index (χ0) is 35.2. The lowest BCUT2D eigenvalue weighted by molar-refractivity contribution is -0.387. The number of hydrogen-bond acceptors (Lipinski definition) is 13. The molecule has 0 bridgehead atoms. The van der Waals surface area contributed by atoms with E-state index in [2.05, 4.69) is 19.9 Å². The second-order valence-electron chi connectivity index (χ2n) is 10.5. The Hall–Kier alpha value is -6.66. The number of oxazole rings is 2. The van der Waals surface area contributed by atoms with Crippen LogP contribution in [0.25, 0.3) is 43.7 Å². The van der Waals surface area contributed by atoms with E-state index in [0.29, 0.717) is 21.2 Å². The predicted octanol–water partition coefficient (Wildman–Crippen LogP) is 6.14. The van der Waals surface area contributed by atoms with E-state index in [-0.39, 0.29) is 27.3 Å². The lowest BCUT2D eigenvalue weighted by Crippen LogP contribution is -2.06. The van der Waals surface area contributed by atoms with Crippen molar-refractivity contribution in [3.63, 3.8) is 0 Å². The van der Waals surface area contributed by atoms with Crippen molar-refractivity contribution in [3.8, 4) is 0 Å². The zero-order valence-electron chi connectivity index (χ0n) is 24.9. The molecule has 0 fully saturated rings. The summed E-state index contributed by atoms with van der Waals surface area (Å²) in [5.74, 6) is -1.47. The average Bonchev–Trinajstić information content (AvgIpc) is 3.66. The fraction of sp³-hybridized carbons (Fsp3) is 0. The molecule has 0 aliphatic rings. The Morgan fingerprint density at radius 2 is 1.22 bits per heavy atom. The molecular formula is C32H18N6O10S2. The van der Waals surface area contributed by atoms with E-state index in [1.54, 1.807) is 18.5 Å². The van der Waals surface area contributed by atoms with Gasteiger partial charge >= 0.3 is 11.5 Å². The Balaban J connectivity index is 0.000000157. The van der Waals surface area contributed by atoms with Crippen molar-refractivity contribution in [2.45, 2.75) is 19.6 Å². The fourth-order valence-electron chi connectivity index (χ4n) is 5.26. The van der Waals surface area contributed by atoms with Gasteiger partial charge in [0.25, 0.3) is 11.4 Å². The van der Waals surface area contributed by atoms with Gasteiger partial charge < -0.3 is 8.83 Å². The van der Waals surface area contributed by atoms with Crippen LogP contribution in [0.1, 0.15) is 0 Å². The molecule has 248 valence electrons. The predicted molar refractivity (Wildman–Crippen MR) is 180 cm³/mol. The topological polar surface area (TPSA) is 238 Å². The van der Waals surface area contributed by atoms with Crippen molar-refractivity contribution >= 4 is 76.7 Å². The third-order valence-electron chi connectivity index (χ3n) is 7.47. The Labute approximate surface area is 281 Å². The van der Waals surface area contributed by atoms with E-state index in [0.717, 1.165) is 27.8 Å². The van der Waals surface area contributed by atoms with Crippen molar-refractivity contribution in [1.82, 2.24) is 19.9 Å². The number of rotatable bonds is 6. The van der Waals surface area contributed by atoms with Crippen molar-refractivity contribution < 1.29 is 27.1 Å². The van der Waals surface area contributed by atoms with Crippen LogP contribution in [-0.4, -0.2) is 38.2 Å². The highest BCUT2D eigenvalue weighted by atomic mass is 32.2. The van der Waals surface area contributed by atoms with Crippen LogP contribution in [0.15, 0.2) is 136 Å². The maximum Gasteiger partial charge on any atom is 0.417 e. The van der Waals surface area contributed by atoms with Gasteiger partial charge in [0, 0.05) is 70.1 Å². The maximum atomic E-state index is 13.2. The SMILES string of the molecule is O=c1[nH]c2cc([N+](=O)[O-])c(S(=O)(=O)c3cccc4cnccc34)cc2o1.O=c1[nH]c2cc([N+](=O)[O-])c(Sc3cccc4cnccc34)cc2o1. The molecular weight excluding hydrogens is 693 g/mol. The van der Waals surface area contributed by atoms with Gasteiger partial charge in [-0.3, -0.25) is 40.2 Å². The number of fused-ring (bicyclic) bond motifs is 4. The van der Waals surface area contributed by atoms with E-state index in [1.165, 1.54) is 54.5 Å². The molecule has 50 heavy (non-hydrogen) atoms. The van der Waals surface area contributed by atoms with Crippen molar-refractivity contribution in [3.05, 3.63) is 139 Å². The largest absolute Gasteiger partial charge is 0.417 e. The van der Waals surface area contributed by atoms with Gasteiger partial charge in [0.2, 0.25) is 9.84 Å². The van der Waals surface area contributed by atoms with Crippen molar-refractivity contribution in [2.24, 2.45) is 0 Å². The lowest BCUT2D eigenvalue weighted by atomic mass is 10.2. The number of aromatic amines is 2. The molecule has 4 heterocycles. The Bertz CT molecular complexity index is 2890. The minimum atomic E-state index is -4.27. The van der Waals surface area contributed by atoms with Gasteiger partial charge in [-0.2, -0.15) is 0 Å². The fourth-order valence-corrected chi connectivity index (χ4v) is 7.99. The van der Waals surface area contributed by atoms with Crippen LogP contribution in [0.3, 0.4) is 0 Å². The van der Waals surface area contributed by atoms with Crippen LogP contribution in [0, 0.1) is 20.2 Å². The van der Waals surface area contributed by atoms with Crippen LogP contribution < -0.4 is 11.5 Å². The highest BCUT2D eigenvalue weighted by molar-refractivity contribution is 7.99. The number of nitrogens with one attached hydrogen (secondary N) is 2. The summed E-state index contributed by atoms with van der Waals surface area (Å²) in [7, 11) is -4.27. The number of pyridine rings is 2. The molecule has 4 aromatic heterocycles.